The van der Waals surface area contributed by atoms with Crippen LogP contribution in [0, 0.1) is 5.82 Å². The van der Waals surface area contributed by atoms with Gasteiger partial charge in [-0.3, -0.25) is 0 Å². The predicted octanol–water partition coefficient (Wildman–Crippen LogP) is 2.05. The third kappa shape index (κ3) is 1.65. The SMILES string of the molecule is Oc1cc(F)cc(-c2nccs2)n1. The molecule has 1 N–H and O–H groups in total. The van der Waals surface area contributed by atoms with E-state index >= 15 is 0 Å². The molecule has 0 aliphatic heterocycles. The molecule has 13 heavy (non-hydrogen) atoms. The van der Waals surface area contributed by atoms with E-state index in [0.29, 0.717) is 10.7 Å². The van der Waals surface area contributed by atoms with Crippen LogP contribution in [0.4, 0.5) is 4.39 Å². The Labute approximate surface area is 77.5 Å². The third-order valence-electron chi connectivity index (χ3n) is 1.43. The molecule has 5 heteroatoms. The van der Waals surface area contributed by atoms with Crippen molar-refractivity contribution in [3.05, 3.63) is 29.5 Å². The van der Waals surface area contributed by atoms with E-state index in [9.17, 15) is 4.39 Å². The fourth-order valence-corrected chi connectivity index (χ4v) is 1.54. The van der Waals surface area contributed by atoms with E-state index < -0.39 is 5.82 Å². The molecule has 0 aliphatic rings. The van der Waals surface area contributed by atoms with Gasteiger partial charge in [-0.25, -0.2) is 14.4 Å². The number of aromatic hydroxyl groups is 1. The molecule has 0 saturated carbocycles. The van der Waals surface area contributed by atoms with Crippen LogP contribution in [0.3, 0.4) is 0 Å². The van der Waals surface area contributed by atoms with Gasteiger partial charge in [0.2, 0.25) is 5.88 Å². The van der Waals surface area contributed by atoms with E-state index in [-0.39, 0.29) is 5.88 Å². The summed E-state index contributed by atoms with van der Waals surface area (Å²) in [5, 5.41) is 11.4. The molecule has 0 bridgehead atoms. The molecule has 2 aromatic rings. The highest BCUT2D eigenvalue weighted by Gasteiger charge is 2.05. The zero-order valence-corrected chi connectivity index (χ0v) is 7.25. The molecule has 2 rings (SSSR count). The molecular weight excluding hydrogens is 191 g/mol. The van der Waals surface area contributed by atoms with Crippen molar-refractivity contribution in [1.82, 2.24) is 9.97 Å². The predicted molar refractivity (Wildman–Crippen MR) is 47.0 cm³/mol. The molecule has 0 fully saturated rings. The van der Waals surface area contributed by atoms with Crippen molar-refractivity contribution in [3.63, 3.8) is 0 Å². The van der Waals surface area contributed by atoms with E-state index in [1.54, 1.807) is 11.6 Å². The second-order valence-electron chi connectivity index (χ2n) is 2.37. The number of aromatic nitrogens is 2. The summed E-state index contributed by atoms with van der Waals surface area (Å²) in [4.78, 5) is 7.69. The number of hydrogen-bond donors (Lipinski definition) is 1. The van der Waals surface area contributed by atoms with Crippen LogP contribution in [-0.4, -0.2) is 15.1 Å². The Hall–Kier alpha value is -1.49. The Morgan fingerprint density at radius 2 is 2.23 bits per heavy atom. The van der Waals surface area contributed by atoms with Crippen molar-refractivity contribution in [1.29, 1.82) is 0 Å². The largest absolute Gasteiger partial charge is 0.493 e. The Morgan fingerprint density at radius 3 is 2.85 bits per heavy atom. The molecule has 0 aromatic carbocycles. The Balaban J connectivity index is 2.53. The summed E-state index contributed by atoms with van der Waals surface area (Å²) in [6.45, 7) is 0. The quantitative estimate of drug-likeness (QED) is 0.759. The van der Waals surface area contributed by atoms with Crippen molar-refractivity contribution in [3.8, 4) is 16.6 Å². The molecule has 0 aliphatic carbocycles. The number of rotatable bonds is 1. The lowest BCUT2D eigenvalue weighted by Gasteiger charge is -1.96. The number of thiazole rings is 1. The average molecular weight is 196 g/mol. The van der Waals surface area contributed by atoms with Crippen molar-refractivity contribution in [2.75, 3.05) is 0 Å². The fraction of sp³-hybridized carbons (Fsp3) is 0. The summed E-state index contributed by atoms with van der Waals surface area (Å²) < 4.78 is 12.8. The first kappa shape index (κ1) is 8.12. The van der Waals surface area contributed by atoms with Crippen LogP contribution in [0.1, 0.15) is 0 Å². The lowest BCUT2D eigenvalue weighted by molar-refractivity contribution is 0.448. The second-order valence-corrected chi connectivity index (χ2v) is 3.26. The smallest absolute Gasteiger partial charge is 0.214 e. The van der Waals surface area contributed by atoms with Crippen LogP contribution >= 0.6 is 11.3 Å². The Bertz CT molecular complexity index is 396. The average Bonchev–Trinajstić information content (AvgIpc) is 2.53. The van der Waals surface area contributed by atoms with Crippen molar-refractivity contribution in [2.45, 2.75) is 0 Å². The first-order valence-corrected chi connectivity index (χ1v) is 4.40. The van der Waals surface area contributed by atoms with Crippen molar-refractivity contribution in [2.24, 2.45) is 0 Å². The fourth-order valence-electron chi connectivity index (χ4n) is 0.943. The normalized spacial score (nSPS) is 10.2. The van der Waals surface area contributed by atoms with Gasteiger partial charge >= 0.3 is 0 Å². The molecule has 66 valence electrons. The molecule has 0 amide bonds. The number of hydrogen-bond acceptors (Lipinski definition) is 4. The van der Waals surface area contributed by atoms with E-state index in [1.165, 1.54) is 17.4 Å². The van der Waals surface area contributed by atoms with Gasteiger partial charge in [0, 0.05) is 23.7 Å². The molecular formula is C8H5FN2OS. The van der Waals surface area contributed by atoms with Gasteiger partial charge in [0.25, 0.3) is 0 Å². The monoisotopic (exact) mass is 196 g/mol. The number of halogens is 1. The molecule has 2 aromatic heterocycles. The molecule has 0 radical (unpaired) electrons. The van der Waals surface area contributed by atoms with Gasteiger partial charge in [-0.1, -0.05) is 0 Å². The van der Waals surface area contributed by atoms with Gasteiger partial charge in [0.15, 0.2) is 0 Å². The highest BCUT2D eigenvalue weighted by atomic mass is 32.1. The summed E-state index contributed by atoms with van der Waals surface area (Å²) in [7, 11) is 0. The van der Waals surface area contributed by atoms with E-state index in [4.69, 9.17) is 5.11 Å². The standard InChI is InChI=1S/C8H5FN2OS/c9-5-3-6(11-7(12)4-5)8-10-1-2-13-8/h1-4H,(H,11,12). The lowest BCUT2D eigenvalue weighted by atomic mass is 10.3. The Morgan fingerprint density at radius 1 is 1.38 bits per heavy atom. The maximum absolute atomic E-state index is 12.8. The summed E-state index contributed by atoms with van der Waals surface area (Å²) in [6.07, 6.45) is 1.60. The van der Waals surface area contributed by atoms with E-state index in [2.05, 4.69) is 9.97 Å². The lowest BCUT2D eigenvalue weighted by Crippen LogP contribution is -1.84. The summed E-state index contributed by atoms with van der Waals surface area (Å²) in [6, 6.07) is 2.19. The van der Waals surface area contributed by atoms with Crippen molar-refractivity contribution >= 4 is 11.3 Å². The van der Waals surface area contributed by atoms with Crippen LogP contribution < -0.4 is 0 Å². The summed E-state index contributed by atoms with van der Waals surface area (Å²) in [5.41, 5.74) is 0.354. The van der Waals surface area contributed by atoms with Gasteiger partial charge in [-0.2, -0.15) is 0 Å². The minimum atomic E-state index is -0.516. The van der Waals surface area contributed by atoms with Crippen LogP contribution in [0.5, 0.6) is 5.88 Å². The molecule has 3 nitrogen and oxygen atoms in total. The van der Waals surface area contributed by atoms with Crippen LogP contribution in [0.25, 0.3) is 10.7 Å². The van der Waals surface area contributed by atoms with E-state index in [1.807, 2.05) is 0 Å². The molecule has 0 saturated heterocycles. The van der Waals surface area contributed by atoms with Gasteiger partial charge < -0.3 is 5.11 Å². The van der Waals surface area contributed by atoms with Gasteiger partial charge in [-0.05, 0) is 0 Å². The minimum Gasteiger partial charge on any atom is -0.493 e. The number of nitrogens with zero attached hydrogens (tertiary/aromatic N) is 2. The minimum absolute atomic E-state index is 0.329. The second kappa shape index (κ2) is 3.10. The van der Waals surface area contributed by atoms with Gasteiger partial charge in [0.1, 0.15) is 16.5 Å². The maximum Gasteiger partial charge on any atom is 0.214 e. The van der Waals surface area contributed by atoms with Gasteiger partial charge in [-0.15, -0.1) is 11.3 Å². The van der Waals surface area contributed by atoms with Crippen LogP contribution in [0.2, 0.25) is 0 Å². The number of pyridine rings is 1. The van der Waals surface area contributed by atoms with Gasteiger partial charge in [0.05, 0.1) is 0 Å². The third-order valence-corrected chi connectivity index (χ3v) is 2.22. The zero-order valence-electron chi connectivity index (χ0n) is 6.44. The highest BCUT2D eigenvalue weighted by molar-refractivity contribution is 7.13. The Kier molecular flexibility index (Phi) is 1.94. The van der Waals surface area contributed by atoms with Crippen LogP contribution in [0.15, 0.2) is 23.7 Å². The first-order chi connectivity index (χ1) is 6.25. The zero-order chi connectivity index (χ0) is 9.26. The summed E-state index contributed by atoms with van der Waals surface area (Å²) in [5.74, 6) is -0.845. The molecule has 2 heterocycles. The topological polar surface area (TPSA) is 46.0 Å². The highest BCUT2D eigenvalue weighted by Crippen LogP contribution is 2.22. The molecule has 0 atom stereocenters. The first-order valence-electron chi connectivity index (χ1n) is 3.52. The maximum atomic E-state index is 12.8. The molecule has 0 unspecified atom stereocenters. The van der Waals surface area contributed by atoms with Crippen molar-refractivity contribution < 1.29 is 9.50 Å². The van der Waals surface area contributed by atoms with Crippen LogP contribution in [-0.2, 0) is 0 Å². The summed E-state index contributed by atoms with van der Waals surface area (Å²) >= 11 is 1.34. The molecule has 0 spiro atoms. The van der Waals surface area contributed by atoms with E-state index in [0.717, 1.165) is 6.07 Å².